The summed E-state index contributed by atoms with van der Waals surface area (Å²) in [4.78, 5) is -0.0766. The Hall–Kier alpha value is -1.14. The van der Waals surface area contributed by atoms with Crippen molar-refractivity contribution in [3.05, 3.63) is 24.0 Å². The molecule has 2 bridgehead atoms. The van der Waals surface area contributed by atoms with Crippen molar-refractivity contribution in [3.8, 4) is 0 Å². The van der Waals surface area contributed by atoms with Gasteiger partial charge in [0.2, 0.25) is 10.0 Å². The molecule has 0 aliphatic heterocycles. The summed E-state index contributed by atoms with van der Waals surface area (Å²) in [6.07, 6.45) is 3.73. The van der Waals surface area contributed by atoms with E-state index < -0.39 is 15.8 Å². The largest absolute Gasteiger partial charge is 0.399 e. The number of sulfonamides is 1. The van der Waals surface area contributed by atoms with Gasteiger partial charge in [0.1, 0.15) is 5.82 Å². The van der Waals surface area contributed by atoms with Crippen LogP contribution in [0.1, 0.15) is 19.3 Å². The predicted molar refractivity (Wildman–Crippen MR) is 72.7 cm³/mol. The third-order valence-electron chi connectivity index (χ3n) is 5.23. The number of fused-ring (bicyclic) bond motifs is 5. The van der Waals surface area contributed by atoms with Crippen LogP contribution in [0.3, 0.4) is 0 Å². The lowest BCUT2D eigenvalue weighted by atomic mass is 10.0. The van der Waals surface area contributed by atoms with Crippen molar-refractivity contribution in [3.63, 3.8) is 0 Å². The molecule has 1 aromatic carbocycles. The maximum absolute atomic E-state index is 13.3. The van der Waals surface area contributed by atoms with E-state index in [-0.39, 0.29) is 16.6 Å². The summed E-state index contributed by atoms with van der Waals surface area (Å²) in [6, 6.07) is 3.49. The molecule has 6 heteroatoms. The first-order valence-corrected chi connectivity index (χ1v) is 8.52. The summed E-state index contributed by atoms with van der Waals surface area (Å²) in [5.74, 6) is 1.77. The van der Waals surface area contributed by atoms with Crippen LogP contribution in [0.2, 0.25) is 0 Å². The maximum atomic E-state index is 13.3. The van der Waals surface area contributed by atoms with Crippen LogP contribution in [0.4, 0.5) is 10.1 Å². The monoisotopic (exact) mass is 296 g/mol. The van der Waals surface area contributed by atoms with E-state index >= 15 is 0 Å². The molecule has 0 amide bonds. The fourth-order valence-corrected chi connectivity index (χ4v) is 5.84. The SMILES string of the molecule is Nc1cc(F)cc(S(=O)(=O)NC2C3C4CCC(C4)C23)c1. The van der Waals surface area contributed by atoms with Gasteiger partial charge in [-0.25, -0.2) is 17.5 Å². The molecule has 1 aromatic rings. The number of nitrogens with two attached hydrogens (primary N) is 1. The Balaban J connectivity index is 1.57. The van der Waals surface area contributed by atoms with Crippen molar-refractivity contribution >= 4 is 15.7 Å². The van der Waals surface area contributed by atoms with Gasteiger partial charge in [-0.1, -0.05) is 0 Å². The summed E-state index contributed by atoms with van der Waals surface area (Å²) in [7, 11) is -3.67. The Labute approximate surface area is 117 Å². The van der Waals surface area contributed by atoms with E-state index in [0.717, 1.165) is 12.1 Å². The standard InChI is InChI=1S/C14H17FN2O2S/c15-9-4-10(16)6-11(5-9)20(18,19)17-14-12-7-1-2-8(3-7)13(12)14/h4-8,12-14,17H,1-3,16H2. The van der Waals surface area contributed by atoms with Gasteiger partial charge in [0.05, 0.1) is 4.90 Å². The smallest absolute Gasteiger partial charge is 0.241 e. The van der Waals surface area contributed by atoms with Gasteiger partial charge in [-0.2, -0.15) is 0 Å². The van der Waals surface area contributed by atoms with Gasteiger partial charge >= 0.3 is 0 Å². The molecule has 3 aliphatic carbocycles. The molecule has 108 valence electrons. The molecular formula is C14H17FN2O2S. The fraction of sp³-hybridized carbons (Fsp3) is 0.571. The first-order valence-electron chi connectivity index (χ1n) is 7.04. The molecule has 4 unspecified atom stereocenters. The van der Waals surface area contributed by atoms with Gasteiger partial charge in [-0.15, -0.1) is 0 Å². The Kier molecular flexibility index (Phi) is 2.49. The fourth-order valence-electron chi connectivity index (χ4n) is 4.47. The zero-order valence-electron chi connectivity index (χ0n) is 10.9. The van der Waals surface area contributed by atoms with Crippen molar-refractivity contribution in [2.24, 2.45) is 23.7 Å². The highest BCUT2D eigenvalue weighted by Gasteiger charge is 2.65. The van der Waals surface area contributed by atoms with E-state index in [1.165, 1.54) is 25.3 Å². The van der Waals surface area contributed by atoms with E-state index in [4.69, 9.17) is 5.73 Å². The summed E-state index contributed by atoms with van der Waals surface area (Å²) < 4.78 is 40.7. The van der Waals surface area contributed by atoms with Gasteiger partial charge in [-0.3, -0.25) is 0 Å². The molecule has 4 atom stereocenters. The highest BCUT2D eigenvalue weighted by Crippen LogP contribution is 2.65. The highest BCUT2D eigenvalue weighted by molar-refractivity contribution is 7.89. The predicted octanol–water partition coefficient (Wildman–Crippen LogP) is 1.73. The van der Waals surface area contributed by atoms with E-state index in [9.17, 15) is 12.8 Å². The topological polar surface area (TPSA) is 72.2 Å². The van der Waals surface area contributed by atoms with E-state index in [1.54, 1.807) is 0 Å². The van der Waals surface area contributed by atoms with Crippen LogP contribution in [-0.2, 0) is 10.0 Å². The Morgan fingerprint density at radius 1 is 1.15 bits per heavy atom. The molecule has 20 heavy (non-hydrogen) atoms. The zero-order chi connectivity index (χ0) is 14.1. The quantitative estimate of drug-likeness (QED) is 0.834. The van der Waals surface area contributed by atoms with Crippen LogP contribution in [0.25, 0.3) is 0 Å². The molecule has 0 spiro atoms. The maximum Gasteiger partial charge on any atom is 0.241 e. The molecule has 3 N–H and O–H groups in total. The van der Waals surface area contributed by atoms with Crippen LogP contribution in [0.15, 0.2) is 23.1 Å². The first-order chi connectivity index (χ1) is 9.45. The summed E-state index contributed by atoms with van der Waals surface area (Å²) >= 11 is 0. The zero-order valence-corrected chi connectivity index (χ0v) is 11.7. The molecule has 3 fully saturated rings. The minimum Gasteiger partial charge on any atom is -0.399 e. The van der Waals surface area contributed by atoms with Crippen molar-refractivity contribution < 1.29 is 12.8 Å². The highest BCUT2D eigenvalue weighted by atomic mass is 32.2. The third kappa shape index (κ3) is 1.78. The number of hydrogen-bond acceptors (Lipinski definition) is 3. The molecule has 3 aliphatic rings. The number of rotatable bonds is 3. The van der Waals surface area contributed by atoms with Crippen LogP contribution >= 0.6 is 0 Å². The molecule has 0 heterocycles. The molecule has 4 nitrogen and oxygen atoms in total. The number of hydrogen-bond donors (Lipinski definition) is 2. The lowest BCUT2D eigenvalue weighted by Crippen LogP contribution is -2.30. The number of nitrogen functional groups attached to an aromatic ring is 1. The van der Waals surface area contributed by atoms with Crippen LogP contribution in [0.5, 0.6) is 0 Å². The number of benzene rings is 1. The number of nitrogens with one attached hydrogen (secondary N) is 1. The molecule has 4 rings (SSSR count). The average molecular weight is 296 g/mol. The number of anilines is 1. The molecule has 0 saturated heterocycles. The average Bonchev–Trinajstić information content (AvgIpc) is 2.77. The van der Waals surface area contributed by atoms with Gasteiger partial charge in [0.15, 0.2) is 0 Å². The van der Waals surface area contributed by atoms with Gasteiger partial charge in [0, 0.05) is 11.7 Å². The van der Waals surface area contributed by atoms with E-state index in [0.29, 0.717) is 23.7 Å². The van der Waals surface area contributed by atoms with Gasteiger partial charge < -0.3 is 5.73 Å². The Morgan fingerprint density at radius 2 is 1.80 bits per heavy atom. The van der Waals surface area contributed by atoms with Crippen LogP contribution < -0.4 is 10.5 Å². The van der Waals surface area contributed by atoms with Crippen LogP contribution in [-0.4, -0.2) is 14.5 Å². The van der Waals surface area contributed by atoms with Crippen molar-refractivity contribution in [2.45, 2.75) is 30.2 Å². The van der Waals surface area contributed by atoms with Crippen molar-refractivity contribution in [1.29, 1.82) is 0 Å². The minimum absolute atomic E-state index is 0.0516. The van der Waals surface area contributed by atoms with E-state index in [2.05, 4.69) is 4.72 Å². The molecule has 0 aromatic heterocycles. The van der Waals surface area contributed by atoms with Crippen molar-refractivity contribution in [2.75, 3.05) is 5.73 Å². The first kappa shape index (κ1) is 12.6. The Morgan fingerprint density at radius 3 is 2.40 bits per heavy atom. The van der Waals surface area contributed by atoms with E-state index in [1.807, 2.05) is 0 Å². The molecular weight excluding hydrogens is 279 g/mol. The van der Waals surface area contributed by atoms with Gasteiger partial charge in [0.25, 0.3) is 0 Å². The van der Waals surface area contributed by atoms with Gasteiger partial charge in [-0.05, 0) is 61.1 Å². The lowest BCUT2D eigenvalue weighted by Gasteiger charge is -2.11. The normalized spacial score (nSPS) is 38.0. The van der Waals surface area contributed by atoms with Crippen molar-refractivity contribution in [1.82, 2.24) is 4.72 Å². The second-order valence-electron chi connectivity index (χ2n) is 6.36. The second kappa shape index (κ2) is 3.95. The summed E-state index contributed by atoms with van der Waals surface area (Å²) in [6.45, 7) is 0. The molecule has 0 radical (unpaired) electrons. The second-order valence-corrected chi connectivity index (χ2v) is 8.07. The lowest BCUT2D eigenvalue weighted by molar-refractivity contribution is 0.456. The minimum atomic E-state index is -3.67. The molecule has 3 saturated carbocycles. The van der Waals surface area contributed by atoms with Crippen LogP contribution in [0, 0.1) is 29.5 Å². The summed E-state index contributed by atoms with van der Waals surface area (Å²) in [5, 5.41) is 0. The number of halogens is 1. The summed E-state index contributed by atoms with van der Waals surface area (Å²) in [5.41, 5.74) is 5.64. The Bertz CT molecular complexity index is 640. The third-order valence-corrected chi connectivity index (χ3v) is 6.67.